The highest BCUT2D eigenvalue weighted by atomic mass is 19.3. The molecule has 0 aromatic heterocycles. The number of hydrogen-bond donors (Lipinski definition) is 0. The summed E-state index contributed by atoms with van der Waals surface area (Å²) in [5.74, 6) is 0.180. The minimum absolute atomic E-state index is 0.0405. The van der Waals surface area contributed by atoms with Crippen molar-refractivity contribution in [2.75, 3.05) is 6.61 Å². The second-order valence-corrected chi connectivity index (χ2v) is 7.68. The van der Waals surface area contributed by atoms with Crippen LogP contribution in [-0.4, -0.2) is 19.1 Å². The van der Waals surface area contributed by atoms with Crippen molar-refractivity contribution in [2.24, 2.45) is 22.7 Å². The van der Waals surface area contributed by atoms with E-state index in [2.05, 4.69) is 41.5 Å². The molecule has 0 bridgehead atoms. The molecular weight excluding hydrogens is 234 g/mol. The maximum atomic E-state index is 13.3. The molecule has 1 nitrogen and oxygen atoms in total. The van der Waals surface area contributed by atoms with E-state index in [4.69, 9.17) is 4.74 Å². The highest BCUT2D eigenvalue weighted by Crippen LogP contribution is 2.48. The van der Waals surface area contributed by atoms with Crippen molar-refractivity contribution in [2.45, 2.75) is 66.9 Å². The molecule has 1 rings (SSSR count). The van der Waals surface area contributed by atoms with Gasteiger partial charge in [0, 0.05) is 6.61 Å². The Labute approximate surface area is 110 Å². The standard InChI is InChI=1S/C15H28F2O/c1-14(2,3)10-8-7-9-18-12(13(16)17)11(10)15(4,5)6/h10-13H,7-9H2,1-6H3. The summed E-state index contributed by atoms with van der Waals surface area (Å²) in [7, 11) is 0. The van der Waals surface area contributed by atoms with Crippen LogP contribution < -0.4 is 0 Å². The van der Waals surface area contributed by atoms with Gasteiger partial charge in [0.25, 0.3) is 6.43 Å². The molecule has 0 aromatic rings. The Bertz CT molecular complexity index is 263. The molecule has 0 radical (unpaired) electrons. The van der Waals surface area contributed by atoms with Crippen molar-refractivity contribution in [3.63, 3.8) is 0 Å². The largest absolute Gasteiger partial charge is 0.372 e. The lowest BCUT2D eigenvalue weighted by Crippen LogP contribution is -2.45. The zero-order valence-corrected chi connectivity index (χ0v) is 12.6. The lowest BCUT2D eigenvalue weighted by atomic mass is 9.61. The van der Waals surface area contributed by atoms with Gasteiger partial charge in [-0.15, -0.1) is 0 Å². The van der Waals surface area contributed by atoms with Crippen molar-refractivity contribution in [3.05, 3.63) is 0 Å². The van der Waals surface area contributed by atoms with Crippen molar-refractivity contribution >= 4 is 0 Å². The Morgan fingerprint density at radius 3 is 1.94 bits per heavy atom. The second kappa shape index (κ2) is 5.44. The van der Waals surface area contributed by atoms with Crippen LogP contribution in [0.15, 0.2) is 0 Å². The molecule has 0 N–H and O–H groups in total. The first-order valence-electron chi connectivity index (χ1n) is 6.95. The molecule has 1 aliphatic rings. The zero-order chi connectivity index (χ0) is 14.1. The molecule has 3 unspecified atom stereocenters. The lowest BCUT2D eigenvalue weighted by molar-refractivity contribution is -0.122. The molecule has 1 saturated heterocycles. The van der Waals surface area contributed by atoms with E-state index in [0.29, 0.717) is 6.61 Å². The van der Waals surface area contributed by atoms with Gasteiger partial charge in [0.05, 0.1) is 0 Å². The van der Waals surface area contributed by atoms with E-state index >= 15 is 0 Å². The topological polar surface area (TPSA) is 9.23 Å². The van der Waals surface area contributed by atoms with Gasteiger partial charge in [-0.2, -0.15) is 0 Å². The van der Waals surface area contributed by atoms with Crippen molar-refractivity contribution in [3.8, 4) is 0 Å². The van der Waals surface area contributed by atoms with Gasteiger partial charge >= 0.3 is 0 Å². The summed E-state index contributed by atoms with van der Waals surface area (Å²) in [5.41, 5.74) is -0.123. The number of hydrogen-bond acceptors (Lipinski definition) is 1. The molecule has 18 heavy (non-hydrogen) atoms. The van der Waals surface area contributed by atoms with Gasteiger partial charge < -0.3 is 4.74 Å². The first kappa shape index (κ1) is 15.9. The number of ether oxygens (including phenoxy) is 1. The minimum atomic E-state index is -2.39. The molecule has 0 spiro atoms. The van der Waals surface area contributed by atoms with E-state index in [1.807, 2.05) is 0 Å². The van der Waals surface area contributed by atoms with Crippen LogP contribution in [-0.2, 0) is 4.74 Å². The van der Waals surface area contributed by atoms with Crippen LogP contribution in [0.2, 0.25) is 0 Å². The van der Waals surface area contributed by atoms with Gasteiger partial charge in [0.2, 0.25) is 0 Å². The van der Waals surface area contributed by atoms with Gasteiger partial charge in [0.1, 0.15) is 6.10 Å². The molecule has 0 aliphatic carbocycles. The van der Waals surface area contributed by atoms with Crippen LogP contribution >= 0.6 is 0 Å². The normalized spacial score (nSPS) is 31.5. The first-order valence-corrected chi connectivity index (χ1v) is 6.95. The fraction of sp³-hybridized carbons (Fsp3) is 1.00. The van der Waals surface area contributed by atoms with Crippen molar-refractivity contribution in [1.29, 1.82) is 0 Å². The fourth-order valence-electron chi connectivity index (χ4n) is 3.33. The molecule has 1 aliphatic heterocycles. The van der Waals surface area contributed by atoms with Crippen molar-refractivity contribution in [1.82, 2.24) is 0 Å². The molecule has 0 saturated carbocycles. The van der Waals surface area contributed by atoms with Crippen LogP contribution in [0.5, 0.6) is 0 Å². The Morgan fingerprint density at radius 1 is 1.00 bits per heavy atom. The minimum Gasteiger partial charge on any atom is -0.372 e. The van der Waals surface area contributed by atoms with E-state index in [0.717, 1.165) is 12.8 Å². The summed E-state index contributed by atoms with van der Waals surface area (Å²) in [6, 6.07) is 0. The van der Waals surface area contributed by atoms with Crippen LogP contribution in [0, 0.1) is 22.7 Å². The average Bonchev–Trinajstić information content (AvgIpc) is 2.36. The maximum Gasteiger partial charge on any atom is 0.264 e. The summed E-state index contributed by atoms with van der Waals surface area (Å²) in [4.78, 5) is 0. The maximum absolute atomic E-state index is 13.3. The second-order valence-electron chi connectivity index (χ2n) is 7.68. The zero-order valence-electron chi connectivity index (χ0n) is 12.6. The predicted molar refractivity (Wildman–Crippen MR) is 70.9 cm³/mol. The SMILES string of the molecule is CC(C)(C)C1CCCOC(C(F)F)C1C(C)(C)C. The molecule has 3 heteroatoms. The summed E-state index contributed by atoms with van der Waals surface area (Å²) in [6.07, 6.45) is -1.44. The third-order valence-corrected chi connectivity index (χ3v) is 4.12. The van der Waals surface area contributed by atoms with E-state index in [9.17, 15) is 8.78 Å². The Balaban J connectivity index is 3.13. The monoisotopic (exact) mass is 262 g/mol. The highest BCUT2D eigenvalue weighted by Gasteiger charge is 2.47. The summed E-state index contributed by atoms with van der Waals surface area (Å²) >= 11 is 0. The van der Waals surface area contributed by atoms with E-state index in [1.54, 1.807) is 0 Å². The highest BCUT2D eigenvalue weighted by molar-refractivity contribution is 4.93. The third kappa shape index (κ3) is 3.66. The molecule has 1 fully saturated rings. The quantitative estimate of drug-likeness (QED) is 0.662. The van der Waals surface area contributed by atoms with Crippen molar-refractivity contribution < 1.29 is 13.5 Å². The molecule has 3 atom stereocenters. The smallest absolute Gasteiger partial charge is 0.264 e. The number of alkyl halides is 2. The van der Waals surface area contributed by atoms with Gasteiger partial charge in [-0.05, 0) is 35.5 Å². The van der Waals surface area contributed by atoms with E-state index in [-0.39, 0.29) is 22.7 Å². The van der Waals surface area contributed by atoms with E-state index < -0.39 is 12.5 Å². The Morgan fingerprint density at radius 2 is 1.56 bits per heavy atom. The van der Waals surface area contributed by atoms with Gasteiger partial charge in [-0.1, -0.05) is 41.5 Å². The molecule has 1 heterocycles. The molecule has 0 amide bonds. The first-order chi connectivity index (χ1) is 8.05. The van der Waals surface area contributed by atoms with Gasteiger partial charge in [-0.25, -0.2) is 8.78 Å². The number of halogens is 2. The van der Waals surface area contributed by atoms with Gasteiger partial charge in [0.15, 0.2) is 0 Å². The molecule has 0 aromatic carbocycles. The number of rotatable bonds is 1. The van der Waals surface area contributed by atoms with Crippen LogP contribution in [0.4, 0.5) is 8.78 Å². The summed E-state index contributed by atoms with van der Waals surface area (Å²) in [6.45, 7) is 13.1. The summed E-state index contributed by atoms with van der Waals surface area (Å²) < 4.78 is 32.1. The lowest BCUT2D eigenvalue weighted by Gasteiger charge is -2.45. The Kier molecular flexibility index (Phi) is 4.80. The van der Waals surface area contributed by atoms with Crippen LogP contribution in [0.3, 0.4) is 0 Å². The molecule has 108 valence electrons. The summed E-state index contributed by atoms with van der Waals surface area (Å²) in [5, 5.41) is 0. The van der Waals surface area contributed by atoms with E-state index in [1.165, 1.54) is 0 Å². The average molecular weight is 262 g/mol. The van der Waals surface area contributed by atoms with Crippen LogP contribution in [0.25, 0.3) is 0 Å². The van der Waals surface area contributed by atoms with Gasteiger partial charge in [-0.3, -0.25) is 0 Å². The Hall–Kier alpha value is -0.180. The third-order valence-electron chi connectivity index (χ3n) is 4.12. The predicted octanol–water partition coefficient (Wildman–Crippen LogP) is 4.76. The fourth-order valence-corrected chi connectivity index (χ4v) is 3.33. The van der Waals surface area contributed by atoms with Crippen LogP contribution in [0.1, 0.15) is 54.4 Å². The molecular formula is C15H28F2O.